The summed E-state index contributed by atoms with van der Waals surface area (Å²) >= 11 is 0. The van der Waals surface area contributed by atoms with Gasteiger partial charge in [-0.15, -0.1) is 0 Å². The van der Waals surface area contributed by atoms with Gasteiger partial charge in [0.1, 0.15) is 5.82 Å². The van der Waals surface area contributed by atoms with Crippen molar-refractivity contribution in [1.29, 1.82) is 0 Å². The molecule has 0 radical (unpaired) electrons. The number of hydrogen-bond donors (Lipinski definition) is 1. The van der Waals surface area contributed by atoms with Gasteiger partial charge < -0.3 is 5.32 Å². The Morgan fingerprint density at radius 2 is 1.90 bits per heavy atom. The Morgan fingerprint density at radius 3 is 2.81 bits per heavy atom. The second-order valence-corrected chi connectivity index (χ2v) is 5.80. The van der Waals surface area contributed by atoms with E-state index in [0.29, 0.717) is 6.04 Å². The van der Waals surface area contributed by atoms with Crippen LogP contribution in [0.5, 0.6) is 0 Å². The average molecular weight is 277 g/mol. The van der Waals surface area contributed by atoms with Crippen LogP contribution in [-0.2, 0) is 0 Å². The Bertz CT molecular complexity index is 811. The first kappa shape index (κ1) is 12.5. The standard InChI is InChI=1S/C18H19N3/c1-12-13(2)20-21-17(10-11-19-18(12)21)16-9-5-7-14-6-3-4-8-15(14)16/h3-9,17,19H,10-11H2,1-2H3. The summed E-state index contributed by atoms with van der Waals surface area (Å²) in [5.74, 6) is 1.18. The summed E-state index contributed by atoms with van der Waals surface area (Å²) in [4.78, 5) is 0. The van der Waals surface area contributed by atoms with Crippen molar-refractivity contribution in [3.05, 3.63) is 59.3 Å². The Balaban J connectivity index is 1.93. The number of rotatable bonds is 1. The van der Waals surface area contributed by atoms with Crippen LogP contribution in [-0.4, -0.2) is 16.3 Å². The van der Waals surface area contributed by atoms with Gasteiger partial charge in [0.2, 0.25) is 0 Å². The molecule has 0 saturated carbocycles. The molecular formula is C18H19N3. The Labute approximate surface area is 124 Å². The predicted molar refractivity (Wildman–Crippen MR) is 86.9 cm³/mol. The maximum absolute atomic E-state index is 4.77. The summed E-state index contributed by atoms with van der Waals surface area (Å²) in [7, 11) is 0. The first-order chi connectivity index (χ1) is 10.3. The smallest absolute Gasteiger partial charge is 0.128 e. The fourth-order valence-corrected chi connectivity index (χ4v) is 3.35. The summed E-state index contributed by atoms with van der Waals surface area (Å²) in [6, 6.07) is 15.5. The summed E-state index contributed by atoms with van der Waals surface area (Å²) in [6.07, 6.45) is 1.07. The monoisotopic (exact) mass is 277 g/mol. The zero-order chi connectivity index (χ0) is 14.4. The lowest BCUT2D eigenvalue weighted by atomic mass is 9.96. The molecule has 0 fully saturated rings. The van der Waals surface area contributed by atoms with Crippen LogP contribution in [0.2, 0.25) is 0 Å². The van der Waals surface area contributed by atoms with E-state index < -0.39 is 0 Å². The van der Waals surface area contributed by atoms with E-state index in [4.69, 9.17) is 5.10 Å². The maximum Gasteiger partial charge on any atom is 0.128 e. The van der Waals surface area contributed by atoms with E-state index in [1.54, 1.807) is 0 Å². The van der Waals surface area contributed by atoms with Gasteiger partial charge in [-0.2, -0.15) is 5.10 Å². The fraction of sp³-hybridized carbons (Fsp3) is 0.278. The van der Waals surface area contributed by atoms with Gasteiger partial charge in [0.05, 0.1) is 11.7 Å². The Hall–Kier alpha value is -2.29. The number of hydrogen-bond acceptors (Lipinski definition) is 2. The van der Waals surface area contributed by atoms with Crippen molar-refractivity contribution in [3.8, 4) is 0 Å². The Morgan fingerprint density at radius 1 is 1.10 bits per heavy atom. The van der Waals surface area contributed by atoms with Crippen LogP contribution < -0.4 is 5.32 Å². The number of nitrogens with one attached hydrogen (secondary N) is 1. The van der Waals surface area contributed by atoms with Crippen molar-refractivity contribution in [2.75, 3.05) is 11.9 Å². The quantitative estimate of drug-likeness (QED) is 0.727. The molecule has 4 rings (SSSR count). The molecule has 0 amide bonds. The third kappa shape index (κ3) is 1.84. The van der Waals surface area contributed by atoms with Gasteiger partial charge in [0.25, 0.3) is 0 Å². The van der Waals surface area contributed by atoms with E-state index >= 15 is 0 Å². The first-order valence-electron chi connectivity index (χ1n) is 7.53. The van der Waals surface area contributed by atoms with Crippen LogP contribution in [0.3, 0.4) is 0 Å². The third-order valence-electron chi connectivity index (χ3n) is 4.57. The molecule has 3 aromatic rings. The molecule has 1 unspecified atom stereocenters. The molecule has 21 heavy (non-hydrogen) atoms. The number of benzene rings is 2. The van der Waals surface area contributed by atoms with Gasteiger partial charge in [0.15, 0.2) is 0 Å². The number of anilines is 1. The van der Waals surface area contributed by atoms with Crippen LogP contribution >= 0.6 is 0 Å². The summed E-state index contributed by atoms with van der Waals surface area (Å²) in [6.45, 7) is 5.23. The van der Waals surface area contributed by atoms with Crippen LogP contribution in [0.25, 0.3) is 10.8 Å². The van der Waals surface area contributed by atoms with Gasteiger partial charge >= 0.3 is 0 Å². The lowest BCUT2D eigenvalue weighted by molar-refractivity contribution is 0.482. The van der Waals surface area contributed by atoms with E-state index in [2.05, 4.69) is 66.3 Å². The molecule has 0 bridgehead atoms. The highest BCUT2D eigenvalue weighted by atomic mass is 15.4. The molecule has 2 heterocycles. The van der Waals surface area contributed by atoms with Crippen molar-refractivity contribution in [3.63, 3.8) is 0 Å². The molecule has 0 saturated heterocycles. The molecule has 3 heteroatoms. The topological polar surface area (TPSA) is 29.9 Å². The fourth-order valence-electron chi connectivity index (χ4n) is 3.35. The number of aryl methyl sites for hydroxylation is 1. The molecule has 2 aromatic carbocycles. The highest BCUT2D eigenvalue weighted by Crippen LogP contribution is 2.35. The molecule has 1 aliphatic rings. The molecule has 0 spiro atoms. The van der Waals surface area contributed by atoms with Crippen molar-refractivity contribution >= 4 is 16.6 Å². The van der Waals surface area contributed by atoms with Gasteiger partial charge in [-0.1, -0.05) is 42.5 Å². The molecular weight excluding hydrogens is 258 g/mol. The van der Waals surface area contributed by atoms with Crippen LogP contribution in [0.15, 0.2) is 42.5 Å². The average Bonchev–Trinajstić information content (AvgIpc) is 2.82. The van der Waals surface area contributed by atoms with Crippen molar-refractivity contribution in [1.82, 2.24) is 9.78 Å². The van der Waals surface area contributed by atoms with Crippen molar-refractivity contribution in [2.24, 2.45) is 0 Å². The molecule has 1 atom stereocenters. The van der Waals surface area contributed by atoms with Crippen LogP contribution in [0, 0.1) is 13.8 Å². The van der Waals surface area contributed by atoms with Crippen LogP contribution in [0.4, 0.5) is 5.82 Å². The van der Waals surface area contributed by atoms with E-state index in [-0.39, 0.29) is 0 Å². The largest absolute Gasteiger partial charge is 0.370 e. The Kier molecular flexibility index (Phi) is 2.74. The molecule has 1 aromatic heterocycles. The highest BCUT2D eigenvalue weighted by Gasteiger charge is 2.25. The molecule has 1 N–H and O–H groups in total. The first-order valence-corrected chi connectivity index (χ1v) is 7.53. The van der Waals surface area contributed by atoms with E-state index in [1.165, 1.54) is 27.7 Å². The van der Waals surface area contributed by atoms with Crippen molar-refractivity contribution < 1.29 is 0 Å². The number of fused-ring (bicyclic) bond motifs is 2. The zero-order valence-corrected chi connectivity index (χ0v) is 12.4. The van der Waals surface area contributed by atoms with Crippen LogP contribution in [0.1, 0.15) is 29.3 Å². The number of nitrogens with zero attached hydrogens (tertiary/aromatic N) is 2. The number of aromatic nitrogens is 2. The van der Waals surface area contributed by atoms with Gasteiger partial charge in [-0.25, -0.2) is 4.68 Å². The molecule has 106 valence electrons. The molecule has 3 nitrogen and oxygen atoms in total. The summed E-state index contributed by atoms with van der Waals surface area (Å²) < 4.78 is 2.18. The van der Waals surface area contributed by atoms with E-state index in [0.717, 1.165) is 18.7 Å². The maximum atomic E-state index is 4.77. The lowest BCUT2D eigenvalue weighted by Crippen LogP contribution is -2.24. The zero-order valence-electron chi connectivity index (χ0n) is 12.4. The minimum Gasteiger partial charge on any atom is -0.370 e. The normalized spacial score (nSPS) is 17.5. The van der Waals surface area contributed by atoms with E-state index in [9.17, 15) is 0 Å². The molecule has 0 aliphatic carbocycles. The highest BCUT2D eigenvalue weighted by molar-refractivity contribution is 5.86. The molecule has 1 aliphatic heterocycles. The van der Waals surface area contributed by atoms with E-state index in [1.807, 2.05) is 0 Å². The summed E-state index contributed by atoms with van der Waals surface area (Å²) in [5.41, 5.74) is 3.75. The summed E-state index contributed by atoms with van der Waals surface area (Å²) in [5, 5.41) is 10.9. The second kappa shape index (κ2) is 4.62. The SMILES string of the molecule is Cc1nn2c(c1C)NCCC2c1cccc2ccccc12. The van der Waals surface area contributed by atoms with Crippen molar-refractivity contribution in [2.45, 2.75) is 26.3 Å². The third-order valence-corrected chi connectivity index (χ3v) is 4.57. The van der Waals surface area contributed by atoms with Gasteiger partial charge in [-0.3, -0.25) is 0 Å². The predicted octanol–water partition coefficient (Wildman–Crippen LogP) is 4.06. The van der Waals surface area contributed by atoms with Gasteiger partial charge in [-0.05, 0) is 36.6 Å². The second-order valence-electron chi connectivity index (χ2n) is 5.80. The van der Waals surface area contributed by atoms with Gasteiger partial charge in [0, 0.05) is 12.1 Å². The minimum absolute atomic E-state index is 0.319. The lowest BCUT2D eigenvalue weighted by Gasteiger charge is -2.27. The minimum atomic E-state index is 0.319.